The first kappa shape index (κ1) is 20.5. The molecule has 1 aromatic rings. The van der Waals surface area contributed by atoms with Crippen LogP contribution in [0.2, 0.25) is 10.0 Å². The van der Waals surface area contributed by atoms with E-state index in [1.807, 2.05) is 0 Å². The van der Waals surface area contributed by atoms with Gasteiger partial charge in [-0.15, -0.1) is 0 Å². The van der Waals surface area contributed by atoms with E-state index in [4.69, 9.17) is 47.7 Å². The van der Waals surface area contributed by atoms with Gasteiger partial charge in [0.15, 0.2) is 0 Å². The monoisotopic (exact) mass is 351 g/mol. The minimum absolute atomic E-state index is 0.512. The SMILES string of the molecule is CCC(C)NCCOc1cc(Cl)ccc1Cl.O=C(O)C(=O)O. The van der Waals surface area contributed by atoms with Crippen LogP contribution >= 0.6 is 23.2 Å². The minimum Gasteiger partial charge on any atom is -0.491 e. The van der Waals surface area contributed by atoms with E-state index < -0.39 is 11.9 Å². The number of hydrogen-bond acceptors (Lipinski definition) is 4. The number of carbonyl (C=O) groups is 2. The van der Waals surface area contributed by atoms with E-state index in [2.05, 4.69) is 19.2 Å². The molecule has 0 saturated carbocycles. The molecule has 0 saturated heterocycles. The second-order valence-corrected chi connectivity index (χ2v) is 5.14. The Kier molecular flexibility index (Phi) is 10.4. The van der Waals surface area contributed by atoms with Gasteiger partial charge in [0.05, 0.1) is 5.02 Å². The number of halogens is 2. The minimum atomic E-state index is -1.82. The van der Waals surface area contributed by atoms with Crippen molar-refractivity contribution in [1.29, 1.82) is 0 Å². The van der Waals surface area contributed by atoms with Crippen LogP contribution in [0.3, 0.4) is 0 Å². The fourth-order valence-electron chi connectivity index (χ4n) is 1.20. The van der Waals surface area contributed by atoms with Crippen molar-refractivity contribution in [3.8, 4) is 5.75 Å². The molecule has 1 aromatic carbocycles. The zero-order valence-corrected chi connectivity index (χ0v) is 13.8. The predicted octanol–water partition coefficient (Wildman–Crippen LogP) is 2.92. The van der Waals surface area contributed by atoms with Crippen LogP contribution < -0.4 is 10.1 Å². The lowest BCUT2D eigenvalue weighted by Gasteiger charge is -2.12. The highest BCUT2D eigenvalue weighted by Gasteiger charge is 2.04. The zero-order chi connectivity index (χ0) is 17.1. The van der Waals surface area contributed by atoms with Crippen LogP contribution in [-0.2, 0) is 9.59 Å². The van der Waals surface area contributed by atoms with Crippen LogP contribution in [0.15, 0.2) is 18.2 Å². The molecule has 0 amide bonds. The Bertz CT molecular complexity index is 484. The smallest absolute Gasteiger partial charge is 0.414 e. The molecule has 3 N–H and O–H groups in total. The third kappa shape index (κ3) is 9.44. The van der Waals surface area contributed by atoms with Gasteiger partial charge in [-0.05, 0) is 25.5 Å². The van der Waals surface area contributed by atoms with E-state index in [1.54, 1.807) is 18.2 Å². The zero-order valence-electron chi connectivity index (χ0n) is 12.3. The molecule has 0 aliphatic rings. The fourth-order valence-corrected chi connectivity index (χ4v) is 1.53. The quantitative estimate of drug-likeness (QED) is 0.538. The van der Waals surface area contributed by atoms with Gasteiger partial charge in [-0.25, -0.2) is 9.59 Å². The first-order valence-electron chi connectivity index (χ1n) is 6.55. The molecule has 1 unspecified atom stereocenters. The summed E-state index contributed by atoms with van der Waals surface area (Å²) in [6, 6.07) is 5.72. The third-order valence-corrected chi connectivity index (χ3v) is 3.09. The Morgan fingerprint density at radius 3 is 2.36 bits per heavy atom. The summed E-state index contributed by atoms with van der Waals surface area (Å²) < 4.78 is 5.53. The third-order valence-electron chi connectivity index (χ3n) is 2.54. The van der Waals surface area contributed by atoms with E-state index in [1.165, 1.54) is 0 Å². The van der Waals surface area contributed by atoms with Crippen LogP contribution in [0.5, 0.6) is 5.75 Å². The van der Waals surface area contributed by atoms with Gasteiger partial charge in [0.2, 0.25) is 0 Å². The summed E-state index contributed by atoms with van der Waals surface area (Å²) in [7, 11) is 0. The molecule has 1 rings (SSSR count). The highest BCUT2D eigenvalue weighted by Crippen LogP contribution is 2.27. The van der Waals surface area contributed by atoms with Gasteiger partial charge < -0.3 is 20.3 Å². The Labute approximate surface area is 139 Å². The van der Waals surface area contributed by atoms with Gasteiger partial charge in [-0.1, -0.05) is 30.1 Å². The van der Waals surface area contributed by atoms with Crippen molar-refractivity contribution in [3.63, 3.8) is 0 Å². The number of rotatable bonds is 6. The number of hydrogen-bond donors (Lipinski definition) is 3. The second-order valence-electron chi connectivity index (χ2n) is 4.30. The summed E-state index contributed by atoms with van der Waals surface area (Å²) in [5.41, 5.74) is 0. The van der Waals surface area contributed by atoms with Gasteiger partial charge in [-0.3, -0.25) is 0 Å². The Hall–Kier alpha value is -1.50. The lowest BCUT2D eigenvalue weighted by atomic mass is 10.3. The van der Waals surface area contributed by atoms with Gasteiger partial charge in [-0.2, -0.15) is 0 Å². The molecular formula is C14H19Cl2NO5. The average molecular weight is 352 g/mol. The highest BCUT2D eigenvalue weighted by atomic mass is 35.5. The predicted molar refractivity (Wildman–Crippen MR) is 85.0 cm³/mol. The molecular weight excluding hydrogens is 333 g/mol. The number of carboxylic acid groups (broad SMARTS) is 2. The molecule has 0 radical (unpaired) electrons. The van der Waals surface area contributed by atoms with Crippen molar-refractivity contribution in [3.05, 3.63) is 28.2 Å². The van der Waals surface area contributed by atoms with Crippen LogP contribution in [-0.4, -0.2) is 41.3 Å². The Morgan fingerprint density at radius 2 is 1.86 bits per heavy atom. The number of nitrogens with one attached hydrogen (secondary N) is 1. The van der Waals surface area contributed by atoms with Crippen molar-refractivity contribution in [2.24, 2.45) is 0 Å². The molecule has 1 atom stereocenters. The molecule has 0 heterocycles. The highest BCUT2D eigenvalue weighted by molar-refractivity contribution is 6.34. The summed E-state index contributed by atoms with van der Waals surface area (Å²) >= 11 is 11.8. The van der Waals surface area contributed by atoms with Crippen molar-refractivity contribution in [2.45, 2.75) is 26.3 Å². The topological polar surface area (TPSA) is 95.9 Å². The van der Waals surface area contributed by atoms with Crippen molar-refractivity contribution >= 4 is 35.1 Å². The largest absolute Gasteiger partial charge is 0.491 e. The summed E-state index contributed by atoms with van der Waals surface area (Å²) in [6.45, 7) is 5.68. The molecule has 0 aromatic heterocycles. The lowest BCUT2D eigenvalue weighted by Crippen LogP contribution is -2.29. The van der Waals surface area contributed by atoms with Crippen LogP contribution in [0.1, 0.15) is 20.3 Å². The Morgan fingerprint density at radius 1 is 1.27 bits per heavy atom. The first-order valence-corrected chi connectivity index (χ1v) is 7.31. The van der Waals surface area contributed by atoms with E-state index in [9.17, 15) is 0 Å². The van der Waals surface area contributed by atoms with Crippen LogP contribution in [0.4, 0.5) is 0 Å². The summed E-state index contributed by atoms with van der Waals surface area (Å²) in [5.74, 6) is -3.01. The molecule has 0 aliphatic heterocycles. The van der Waals surface area contributed by atoms with Gasteiger partial charge in [0.25, 0.3) is 0 Å². The van der Waals surface area contributed by atoms with Gasteiger partial charge >= 0.3 is 11.9 Å². The number of ether oxygens (including phenoxy) is 1. The summed E-state index contributed by atoms with van der Waals surface area (Å²) in [5, 5.41) is 19.3. The summed E-state index contributed by atoms with van der Waals surface area (Å²) in [6.07, 6.45) is 1.11. The fraction of sp³-hybridized carbons (Fsp3) is 0.429. The molecule has 0 aliphatic carbocycles. The molecule has 124 valence electrons. The molecule has 0 fully saturated rings. The molecule has 0 spiro atoms. The molecule has 0 bridgehead atoms. The number of aliphatic carboxylic acids is 2. The van der Waals surface area contributed by atoms with E-state index in [0.29, 0.717) is 28.4 Å². The maximum absolute atomic E-state index is 9.10. The maximum atomic E-state index is 9.10. The summed E-state index contributed by atoms with van der Waals surface area (Å²) in [4.78, 5) is 18.2. The lowest BCUT2D eigenvalue weighted by molar-refractivity contribution is -0.159. The normalized spacial score (nSPS) is 11.1. The maximum Gasteiger partial charge on any atom is 0.414 e. The molecule has 6 nitrogen and oxygen atoms in total. The van der Waals surface area contributed by atoms with Gasteiger partial charge in [0.1, 0.15) is 12.4 Å². The Balaban J connectivity index is 0.000000626. The van der Waals surface area contributed by atoms with E-state index in [-0.39, 0.29) is 0 Å². The van der Waals surface area contributed by atoms with Crippen LogP contribution in [0.25, 0.3) is 0 Å². The van der Waals surface area contributed by atoms with Crippen molar-refractivity contribution < 1.29 is 24.5 Å². The number of benzene rings is 1. The molecule has 22 heavy (non-hydrogen) atoms. The molecule has 8 heteroatoms. The average Bonchev–Trinajstić information content (AvgIpc) is 2.47. The van der Waals surface area contributed by atoms with Gasteiger partial charge in [0, 0.05) is 23.7 Å². The van der Waals surface area contributed by atoms with Crippen molar-refractivity contribution in [1.82, 2.24) is 5.32 Å². The second kappa shape index (κ2) is 11.1. The van der Waals surface area contributed by atoms with Crippen LogP contribution in [0, 0.1) is 0 Å². The first-order chi connectivity index (χ1) is 10.3. The van der Waals surface area contributed by atoms with Crippen molar-refractivity contribution in [2.75, 3.05) is 13.2 Å². The number of carboxylic acids is 2. The standard InChI is InChI=1S/C12H17Cl2NO.C2H2O4/c1-3-9(2)15-6-7-16-12-8-10(13)4-5-11(12)14;3-1(4)2(5)6/h4-5,8-9,15H,3,6-7H2,1-2H3;(H,3,4)(H,5,6). The van der Waals surface area contributed by atoms with E-state index >= 15 is 0 Å². The van der Waals surface area contributed by atoms with E-state index in [0.717, 1.165) is 13.0 Å².